The number of ether oxygens (including phenoxy) is 1. The number of likely N-dealkylation sites (tertiary alicyclic amines) is 1. The summed E-state index contributed by atoms with van der Waals surface area (Å²) in [4.78, 5) is 25.0. The largest absolute Gasteiger partial charge is 0.461 e. The van der Waals surface area contributed by atoms with Crippen LogP contribution in [0.2, 0.25) is 0 Å². The van der Waals surface area contributed by atoms with Gasteiger partial charge in [-0.05, 0) is 37.0 Å². The predicted molar refractivity (Wildman–Crippen MR) is 72.5 cm³/mol. The van der Waals surface area contributed by atoms with Crippen molar-refractivity contribution in [1.82, 2.24) is 4.90 Å². The highest BCUT2D eigenvalue weighted by Gasteiger charge is 2.34. The van der Waals surface area contributed by atoms with E-state index in [4.69, 9.17) is 4.74 Å². The summed E-state index contributed by atoms with van der Waals surface area (Å²) in [6.45, 7) is 7.50. The van der Waals surface area contributed by atoms with Crippen molar-refractivity contribution in [2.45, 2.75) is 59.0 Å². The molecule has 0 radical (unpaired) electrons. The SMILES string of the molecule is C[C@@H]1C[C@H](OC(=O)CN2CCCC2=O)CC(C)(C)C1. The molecule has 2 fully saturated rings. The normalized spacial score (nSPS) is 30.5. The van der Waals surface area contributed by atoms with Crippen LogP contribution in [0.5, 0.6) is 0 Å². The molecule has 4 heteroatoms. The fraction of sp³-hybridized carbons (Fsp3) is 0.867. The van der Waals surface area contributed by atoms with Gasteiger partial charge < -0.3 is 9.64 Å². The molecule has 1 aliphatic carbocycles. The van der Waals surface area contributed by atoms with E-state index in [1.54, 1.807) is 4.90 Å². The molecule has 0 bridgehead atoms. The van der Waals surface area contributed by atoms with E-state index in [0.717, 1.165) is 19.3 Å². The molecule has 0 N–H and O–H groups in total. The van der Waals surface area contributed by atoms with E-state index in [1.165, 1.54) is 6.42 Å². The van der Waals surface area contributed by atoms with E-state index in [1.807, 2.05) is 0 Å². The van der Waals surface area contributed by atoms with E-state index in [2.05, 4.69) is 20.8 Å². The first kappa shape index (κ1) is 14.4. The standard InChI is InChI=1S/C15H25NO3/c1-11-7-12(9-15(2,3)8-11)19-14(18)10-16-6-4-5-13(16)17/h11-12H,4-10H2,1-3H3/t11-,12+/m1/s1. The van der Waals surface area contributed by atoms with Crippen molar-refractivity contribution >= 4 is 11.9 Å². The maximum Gasteiger partial charge on any atom is 0.325 e. The summed E-state index contributed by atoms with van der Waals surface area (Å²) < 4.78 is 5.57. The number of hydrogen-bond acceptors (Lipinski definition) is 3. The molecular weight excluding hydrogens is 242 g/mol. The van der Waals surface area contributed by atoms with Gasteiger partial charge in [-0.15, -0.1) is 0 Å². The molecule has 4 nitrogen and oxygen atoms in total. The van der Waals surface area contributed by atoms with Crippen LogP contribution in [0.15, 0.2) is 0 Å². The molecule has 0 unspecified atom stereocenters. The Kier molecular flexibility index (Phi) is 4.16. The number of carbonyl (C=O) groups is 2. The second-order valence-corrected chi connectivity index (χ2v) is 6.94. The fourth-order valence-corrected chi connectivity index (χ4v) is 3.60. The quantitative estimate of drug-likeness (QED) is 0.737. The van der Waals surface area contributed by atoms with E-state index in [-0.39, 0.29) is 29.9 Å². The van der Waals surface area contributed by atoms with Crippen LogP contribution in [0.4, 0.5) is 0 Å². The van der Waals surface area contributed by atoms with Crippen molar-refractivity contribution in [2.24, 2.45) is 11.3 Å². The second kappa shape index (κ2) is 5.51. The maximum absolute atomic E-state index is 11.9. The van der Waals surface area contributed by atoms with Crippen LogP contribution < -0.4 is 0 Å². The smallest absolute Gasteiger partial charge is 0.325 e. The third-order valence-electron chi connectivity index (χ3n) is 4.14. The van der Waals surface area contributed by atoms with Gasteiger partial charge in [-0.25, -0.2) is 0 Å². The molecule has 1 saturated heterocycles. The predicted octanol–water partition coefficient (Wildman–Crippen LogP) is 2.37. The van der Waals surface area contributed by atoms with Crippen molar-refractivity contribution in [3.63, 3.8) is 0 Å². The first-order chi connectivity index (χ1) is 8.85. The van der Waals surface area contributed by atoms with Crippen molar-refractivity contribution in [1.29, 1.82) is 0 Å². The van der Waals surface area contributed by atoms with Gasteiger partial charge >= 0.3 is 5.97 Å². The maximum atomic E-state index is 11.9. The van der Waals surface area contributed by atoms with Gasteiger partial charge in [-0.2, -0.15) is 0 Å². The Labute approximate surface area is 115 Å². The molecule has 108 valence electrons. The Bertz CT molecular complexity index is 364. The molecule has 1 amide bonds. The Morgan fingerprint density at radius 3 is 2.74 bits per heavy atom. The van der Waals surface area contributed by atoms with E-state index in [9.17, 15) is 9.59 Å². The average molecular weight is 267 g/mol. The Balaban J connectivity index is 1.83. The summed E-state index contributed by atoms with van der Waals surface area (Å²) in [5, 5.41) is 0. The summed E-state index contributed by atoms with van der Waals surface area (Å²) >= 11 is 0. The van der Waals surface area contributed by atoms with Crippen LogP contribution in [0.3, 0.4) is 0 Å². The van der Waals surface area contributed by atoms with Crippen molar-refractivity contribution in [3.8, 4) is 0 Å². The zero-order valence-electron chi connectivity index (χ0n) is 12.3. The number of carbonyl (C=O) groups excluding carboxylic acids is 2. The second-order valence-electron chi connectivity index (χ2n) is 6.94. The minimum atomic E-state index is -0.245. The van der Waals surface area contributed by atoms with Crippen LogP contribution in [-0.4, -0.2) is 36.0 Å². The molecule has 19 heavy (non-hydrogen) atoms. The summed E-state index contributed by atoms with van der Waals surface area (Å²) in [6, 6.07) is 0. The molecule has 2 rings (SSSR count). The molecular formula is C15H25NO3. The minimum absolute atomic E-state index is 0.0176. The molecule has 1 heterocycles. The highest BCUT2D eigenvalue weighted by atomic mass is 16.5. The molecule has 1 saturated carbocycles. The first-order valence-corrected chi connectivity index (χ1v) is 7.33. The fourth-order valence-electron chi connectivity index (χ4n) is 3.60. The summed E-state index contributed by atoms with van der Waals surface area (Å²) in [5.74, 6) is 0.425. The highest BCUT2D eigenvalue weighted by molar-refractivity contribution is 5.83. The van der Waals surface area contributed by atoms with Crippen molar-refractivity contribution in [2.75, 3.05) is 13.1 Å². The van der Waals surface area contributed by atoms with Crippen LogP contribution in [0.1, 0.15) is 52.9 Å². The molecule has 0 spiro atoms. The number of esters is 1. The topological polar surface area (TPSA) is 46.6 Å². The zero-order chi connectivity index (χ0) is 14.0. The van der Waals surface area contributed by atoms with Crippen molar-refractivity contribution in [3.05, 3.63) is 0 Å². The third kappa shape index (κ3) is 3.95. The first-order valence-electron chi connectivity index (χ1n) is 7.33. The summed E-state index contributed by atoms with van der Waals surface area (Å²) in [7, 11) is 0. The lowest BCUT2D eigenvalue weighted by molar-refractivity contribution is -0.156. The van der Waals surface area contributed by atoms with Gasteiger partial charge in [0.2, 0.25) is 5.91 Å². The summed E-state index contributed by atoms with van der Waals surface area (Å²) in [6.07, 6.45) is 4.51. The van der Waals surface area contributed by atoms with Gasteiger partial charge in [0, 0.05) is 13.0 Å². The molecule has 0 aromatic rings. The lowest BCUT2D eigenvalue weighted by Gasteiger charge is -2.38. The number of hydrogen-bond donors (Lipinski definition) is 0. The van der Waals surface area contributed by atoms with Gasteiger partial charge in [0.25, 0.3) is 0 Å². The number of amides is 1. The van der Waals surface area contributed by atoms with Gasteiger partial charge in [-0.3, -0.25) is 9.59 Å². The van der Waals surface area contributed by atoms with Gasteiger partial charge in [-0.1, -0.05) is 20.8 Å². The lowest BCUT2D eigenvalue weighted by Crippen LogP contribution is -2.37. The minimum Gasteiger partial charge on any atom is -0.461 e. The molecule has 1 aliphatic heterocycles. The highest BCUT2D eigenvalue weighted by Crippen LogP contribution is 2.39. The van der Waals surface area contributed by atoms with Gasteiger partial charge in [0.05, 0.1) is 0 Å². The molecule has 0 aromatic heterocycles. The van der Waals surface area contributed by atoms with E-state index < -0.39 is 0 Å². The number of nitrogens with zero attached hydrogens (tertiary/aromatic N) is 1. The zero-order valence-corrected chi connectivity index (χ0v) is 12.3. The molecule has 2 atom stereocenters. The van der Waals surface area contributed by atoms with Crippen LogP contribution in [0, 0.1) is 11.3 Å². The number of rotatable bonds is 3. The monoisotopic (exact) mass is 267 g/mol. The Morgan fingerprint density at radius 1 is 1.42 bits per heavy atom. The molecule has 2 aliphatic rings. The van der Waals surface area contributed by atoms with E-state index in [0.29, 0.717) is 18.9 Å². The molecule has 0 aromatic carbocycles. The van der Waals surface area contributed by atoms with Crippen LogP contribution in [0.25, 0.3) is 0 Å². The van der Waals surface area contributed by atoms with Crippen LogP contribution >= 0.6 is 0 Å². The van der Waals surface area contributed by atoms with Crippen molar-refractivity contribution < 1.29 is 14.3 Å². The van der Waals surface area contributed by atoms with Gasteiger partial charge in [0.1, 0.15) is 12.6 Å². The van der Waals surface area contributed by atoms with Gasteiger partial charge in [0.15, 0.2) is 0 Å². The van der Waals surface area contributed by atoms with E-state index >= 15 is 0 Å². The average Bonchev–Trinajstić information content (AvgIpc) is 2.60. The lowest BCUT2D eigenvalue weighted by atomic mass is 9.71. The third-order valence-corrected chi connectivity index (χ3v) is 4.14. The Hall–Kier alpha value is -1.06. The summed E-state index contributed by atoms with van der Waals surface area (Å²) in [5.41, 5.74) is 0.242. The Morgan fingerprint density at radius 2 is 2.16 bits per heavy atom. The van der Waals surface area contributed by atoms with Crippen LogP contribution in [-0.2, 0) is 14.3 Å².